The summed E-state index contributed by atoms with van der Waals surface area (Å²) in [5, 5.41) is 49.4. The number of Topliss-reactive ketones (excluding diaryl/α,β-unsaturated/α-hetero) is 2. The molecule has 2 aliphatic rings. The number of aromatic nitrogens is 1. The van der Waals surface area contributed by atoms with Crippen LogP contribution in [0.5, 0.6) is 5.75 Å². The number of aliphatic hydroxyl groups is 3. The molecule has 7 N–H and O–H groups in total. The van der Waals surface area contributed by atoms with E-state index in [0.717, 1.165) is 0 Å². The van der Waals surface area contributed by atoms with E-state index in [1.807, 2.05) is 0 Å². The number of ether oxygens (including phenoxy) is 1. The summed E-state index contributed by atoms with van der Waals surface area (Å²) in [6, 6.07) is 8.51. The van der Waals surface area contributed by atoms with E-state index in [9.17, 15) is 44.4 Å². The summed E-state index contributed by atoms with van der Waals surface area (Å²) in [7, 11) is 1.18. The van der Waals surface area contributed by atoms with Crippen molar-refractivity contribution in [2.75, 3.05) is 19.0 Å². The molecule has 0 fully saturated rings. The van der Waals surface area contributed by atoms with Gasteiger partial charge in [0.25, 0.3) is 5.91 Å². The number of esters is 1. The van der Waals surface area contributed by atoms with Gasteiger partial charge in [0, 0.05) is 29.9 Å². The number of hydrogen-bond acceptors (Lipinski definition) is 12. The molecule has 2 aromatic carbocycles. The Labute approximate surface area is 255 Å². The highest BCUT2D eigenvalue weighted by Crippen LogP contribution is 2.50. The van der Waals surface area contributed by atoms with Gasteiger partial charge in [-0.25, -0.2) is 4.79 Å². The number of phenols is 1. The van der Waals surface area contributed by atoms with E-state index in [4.69, 9.17) is 15.0 Å². The van der Waals surface area contributed by atoms with Crippen LogP contribution in [0.2, 0.25) is 0 Å². The fourth-order valence-electron chi connectivity index (χ4n) is 6.21. The lowest BCUT2D eigenvalue weighted by Gasteiger charge is -2.43. The van der Waals surface area contributed by atoms with E-state index in [1.165, 1.54) is 49.7 Å². The van der Waals surface area contributed by atoms with Crippen LogP contribution in [0, 0.1) is 11.8 Å². The maximum absolute atomic E-state index is 13.9. The average Bonchev–Trinajstić information content (AvgIpc) is 3.54. The molecule has 0 aliphatic heterocycles. The van der Waals surface area contributed by atoms with Crippen molar-refractivity contribution in [1.29, 1.82) is 0 Å². The monoisotopic (exact) mass is 619 g/mol. The summed E-state index contributed by atoms with van der Waals surface area (Å²) >= 11 is 0. The second-order valence-corrected chi connectivity index (χ2v) is 10.9. The Morgan fingerprint density at radius 1 is 1.16 bits per heavy atom. The number of allylic oxidation sites excluding steroid dienone is 1. The van der Waals surface area contributed by atoms with Gasteiger partial charge in [-0.2, -0.15) is 0 Å². The molecule has 0 bridgehead atoms. The highest BCUT2D eigenvalue weighted by Gasteiger charge is 2.55. The fourth-order valence-corrected chi connectivity index (χ4v) is 6.21. The standard InChI is InChI=1S/C31H29N3O11/c1-44-30(42)16-8-14(10-18(11-16)34-29(41)22-4-6-33-45-22)19-2-3-21(36)26-20(19)12-15-9-17(5-7-35)31(43,23(37)13-24(32)38)28(40)25(15)27(26)39/h2-4,6,8,10-11,15,17,35-36,40,43H,5,7,9,12-13H2,1H3,(H2,32,38)(H,34,41)/t15-,17-,31-/m1/s1. The number of benzene rings is 2. The van der Waals surface area contributed by atoms with Gasteiger partial charge in [0.15, 0.2) is 17.2 Å². The van der Waals surface area contributed by atoms with E-state index in [2.05, 4.69) is 10.5 Å². The lowest BCUT2D eigenvalue weighted by molar-refractivity contribution is -0.147. The predicted molar refractivity (Wildman–Crippen MR) is 154 cm³/mol. The molecule has 0 saturated heterocycles. The Hall–Kier alpha value is -5.34. The van der Waals surface area contributed by atoms with E-state index in [1.54, 1.807) is 0 Å². The second kappa shape index (κ2) is 12.0. The van der Waals surface area contributed by atoms with Crippen LogP contribution in [0.25, 0.3) is 11.1 Å². The van der Waals surface area contributed by atoms with Crippen LogP contribution < -0.4 is 11.1 Å². The van der Waals surface area contributed by atoms with Gasteiger partial charge < -0.3 is 40.7 Å². The molecule has 45 heavy (non-hydrogen) atoms. The zero-order valence-electron chi connectivity index (χ0n) is 23.9. The van der Waals surface area contributed by atoms with E-state index >= 15 is 0 Å². The number of primary amides is 1. The van der Waals surface area contributed by atoms with Gasteiger partial charge in [-0.1, -0.05) is 11.2 Å². The van der Waals surface area contributed by atoms with Gasteiger partial charge in [-0.05, 0) is 66.1 Å². The number of nitrogens with one attached hydrogen (secondary N) is 1. The topological polar surface area (TPSA) is 240 Å². The van der Waals surface area contributed by atoms with Gasteiger partial charge in [0.05, 0.1) is 30.9 Å². The number of amides is 2. The van der Waals surface area contributed by atoms with Crippen molar-refractivity contribution in [2.24, 2.45) is 17.6 Å². The van der Waals surface area contributed by atoms with Gasteiger partial charge in [0.1, 0.15) is 11.5 Å². The molecule has 2 aliphatic carbocycles. The quantitative estimate of drug-likeness (QED) is 0.149. The van der Waals surface area contributed by atoms with Crippen LogP contribution in [-0.4, -0.2) is 74.3 Å². The smallest absolute Gasteiger partial charge is 0.337 e. The summed E-state index contributed by atoms with van der Waals surface area (Å²) in [5.41, 5.74) is 3.34. The van der Waals surface area contributed by atoms with Crippen LogP contribution in [0.1, 0.15) is 56.1 Å². The summed E-state index contributed by atoms with van der Waals surface area (Å²) < 4.78 is 9.77. The van der Waals surface area contributed by atoms with Crippen molar-refractivity contribution in [3.63, 3.8) is 0 Å². The molecule has 0 saturated carbocycles. The first-order chi connectivity index (χ1) is 21.4. The number of nitrogens with two attached hydrogens (primary N) is 1. The number of carbonyl (C=O) groups excluding carboxylic acids is 5. The molecular weight excluding hydrogens is 590 g/mol. The molecule has 3 atom stereocenters. The first kappa shape index (κ1) is 31.1. The third-order valence-corrected chi connectivity index (χ3v) is 8.22. The average molecular weight is 620 g/mol. The molecule has 234 valence electrons. The van der Waals surface area contributed by atoms with Crippen molar-refractivity contribution in [3.8, 4) is 16.9 Å². The Kier molecular flexibility index (Phi) is 8.28. The van der Waals surface area contributed by atoms with Crippen LogP contribution in [-0.2, 0) is 20.7 Å². The Morgan fingerprint density at radius 2 is 1.91 bits per heavy atom. The van der Waals surface area contributed by atoms with Crippen molar-refractivity contribution in [1.82, 2.24) is 5.16 Å². The first-order valence-electron chi connectivity index (χ1n) is 13.8. The number of carbonyl (C=O) groups is 5. The molecular formula is C31H29N3O11. The Bertz CT molecular complexity index is 1760. The number of ketones is 2. The number of nitrogens with zero attached hydrogens (tertiary/aromatic N) is 1. The number of rotatable bonds is 9. The van der Waals surface area contributed by atoms with Crippen LogP contribution in [0.15, 0.2) is 58.5 Å². The maximum atomic E-state index is 13.9. The SMILES string of the molecule is COC(=O)c1cc(NC(=O)c2ccno2)cc(-c2ccc(O)c3c2C[C@H]2C[C@@H](CCO)[C@@](O)(C(=O)CC(N)=O)C(O)=C2C3=O)c1. The minimum atomic E-state index is -2.66. The largest absolute Gasteiger partial charge is 0.508 e. The normalized spacial score (nSPS) is 20.6. The number of fused-ring (bicyclic) bond motifs is 2. The zero-order chi connectivity index (χ0) is 32.6. The molecule has 1 aromatic heterocycles. The molecule has 5 rings (SSSR count). The van der Waals surface area contributed by atoms with Gasteiger partial charge in [0.2, 0.25) is 11.7 Å². The van der Waals surface area contributed by atoms with Gasteiger partial charge >= 0.3 is 5.97 Å². The summed E-state index contributed by atoms with van der Waals surface area (Å²) in [6.45, 7) is -0.467. The third kappa shape index (κ3) is 5.45. The number of aliphatic hydroxyl groups excluding tert-OH is 2. The number of methoxy groups -OCH3 is 1. The van der Waals surface area contributed by atoms with E-state index in [-0.39, 0.29) is 47.4 Å². The highest BCUT2D eigenvalue weighted by molar-refractivity contribution is 6.15. The number of aromatic hydroxyl groups is 1. The molecule has 2 amide bonds. The van der Waals surface area contributed by atoms with E-state index < -0.39 is 71.3 Å². The zero-order valence-corrected chi connectivity index (χ0v) is 23.9. The van der Waals surface area contributed by atoms with Crippen LogP contribution in [0.4, 0.5) is 5.69 Å². The van der Waals surface area contributed by atoms with Crippen molar-refractivity contribution < 1.29 is 53.7 Å². The van der Waals surface area contributed by atoms with Crippen LogP contribution >= 0.6 is 0 Å². The molecule has 3 aromatic rings. The van der Waals surface area contributed by atoms with Gasteiger partial charge in [-0.3, -0.25) is 19.2 Å². The molecule has 0 unspecified atom stereocenters. The van der Waals surface area contributed by atoms with Crippen molar-refractivity contribution >= 4 is 35.0 Å². The summed E-state index contributed by atoms with van der Waals surface area (Å²) in [5.74, 6) is -7.70. The number of phenolic OH excluding ortho intramolecular Hbond substituents is 1. The number of anilines is 1. The molecule has 14 heteroatoms. The molecule has 1 heterocycles. The lowest BCUT2D eigenvalue weighted by Crippen LogP contribution is -2.54. The maximum Gasteiger partial charge on any atom is 0.337 e. The van der Waals surface area contributed by atoms with Crippen molar-refractivity contribution in [3.05, 3.63) is 76.4 Å². The van der Waals surface area contributed by atoms with Gasteiger partial charge in [-0.15, -0.1) is 0 Å². The first-order valence-corrected chi connectivity index (χ1v) is 13.8. The van der Waals surface area contributed by atoms with E-state index in [0.29, 0.717) is 16.7 Å². The molecule has 0 spiro atoms. The predicted octanol–water partition coefficient (Wildman–Crippen LogP) is 1.83. The molecule has 14 nitrogen and oxygen atoms in total. The minimum Gasteiger partial charge on any atom is -0.508 e. The van der Waals surface area contributed by atoms with Crippen LogP contribution in [0.3, 0.4) is 0 Å². The Balaban J connectivity index is 1.64. The number of hydrogen-bond donors (Lipinski definition) is 6. The minimum absolute atomic E-state index is 0.0361. The third-order valence-electron chi connectivity index (χ3n) is 8.22. The summed E-state index contributed by atoms with van der Waals surface area (Å²) in [6.07, 6.45) is 0.233. The second-order valence-electron chi connectivity index (χ2n) is 10.9. The summed E-state index contributed by atoms with van der Waals surface area (Å²) in [4.78, 5) is 63.7. The van der Waals surface area contributed by atoms with Crippen molar-refractivity contribution in [2.45, 2.75) is 31.3 Å². The highest BCUT2D eigenvalue weighted by atomic mass is 16.5. The molecule has 0 radical (unpaired) electrons. The fraction of sp³-hybridized carbons (Fsp3) is 0.290. The lowest BCUT2D eigenvalue weighted by atomic mass is 9.62. The Morgan fingerprint density at radius 3 is 2.56 bits per heavy atom.